The van der Waals surface area contributed by atoms with E-state index < -0.39 is 0 Å². The Morgan fingerprint density at radius 2 is 1.97 bits per heavy atom. The second kappa shape index (κ2) is 11.1. The van der Waals surface area contributed by atoms with Crippen LogP contribution in [0, 0.1) is 25.6 Å². The molecule has 0 aliphatic carbocycles. The van der Waals surface area contributed by atoms with Gasteiger partial charge < -0.3 is 10.6 Å². The lowest BCUT2D eigenvalue weighted by molar-refractivity contribution is 0.176. The summed E-state index contributed by atoms with van der Waals surface area (Å²) >= 11 is 0. The molecule has 2 N–H and O–H groups in total. The third-order valence-electron chi connectivity index (χ3n) is 5.78. The summed E-state index contributed by atoms with van der Waals surface area (Å²) in [4.78, 5) is 6.69. The zero-order valence-corrected chi connectivity index (χ0v) is 18.5. The fourth-order valence-corrected chi connectivity index (χ4v) is 4.01. The van der Waals surface area contributed by atoms with Gasteiger partial charge in [-0.3, -0.25) is 14.6 Å². The molecule has 1 aromatic heterocycles. The van der Waals surface area contributed by atoms with Gasteiger partial charge in [-0.05, 0) is 64.3 Å². The summed E-state index contributed by atoms with van der Waals surface area (Å²) in [6, 6.07) is 9.19. The van der Waals surface area contributed by atoms with Crippen LogP contribution in [0.5, 0.6) is 0 Å². The van der Waals surface area contributed by atoms with Crippen LogP contribution in [0.25, 0.3) is 0 Å². The van der Waals surface area contributed by atoms with Crippen LogP contribution < -0.4 is 10.6 Å². The van der Waals surface area contributed by atoms with E-state index in [1.165, 1.54) is 5.69 Å². The third kappa shape index (κ3) is 6.55. The van der Waals surface area contributed by atoms with E-state index >= 15 is 0 Å². The third-order valence-corrected chi connectivity index (χ3v) is 5.78. The van der Waals surface area contributed by atoms with Gasteiger partial charge in [-0.1, -0.05) is 18.2 Å². The first-order valence-corrected chi connectivity index (χ1v) is 11.0. The van der Waals surface area contributed by atoms with Crippen LogP contribution in [0.3, 0.4) is 0 Å². The number of aromatic nitrogens is 2. The predicted octanol–water partition coefficient (Wildman–Crippen LogP) is 3.11. The Morgan fingerprint density at radius 1 is 1.20 bits per heavy atom. The molecular formula is C23H35FN6. The number of aryl methyl sites for hydroxylation is 3. The van der Waals surface area contributed by atoms with Crippen molar-refractivity contribution in [2.75, 3.05) is 33.2 Å². The molecular weight excluding hydrogens is 379 g/mol. The molecule has 2 aromatic rings. The zero-order valence-electron chi connectivity index (χ0n) is 18.5. The molecule has 30 heavy (non-hydrogen) atoms. The Hall–Kier alpha value is -2.41. The number of halogens is 1. The number of benzene rings is 1. The van der Waals surface area contributed by atoms with E-state index in [0.29, 0.717) is 12.5 Å². The number of guanidine groups is 1. The van der Waals surface area contributed by atoms with Crippen molar-refractivity contribution in [3.05, 3.63) is 53.1 Å². The second-order valence-electron chi connectivity index (χ2n) is 8.19. The number of rotatable bonds is 8. The quantitative estimate of drug-likeness (QED) is 0.396. The van der Waals surface area contributed by atoms with Crippen molar-refractivity contribution in [3.8, 4) is 0 Å². The van der Waals surface area contributed by atoms with E-state index in [2.05, 4.69) is 43.3 Å². The lowest BCUT2D eigenvalue weighted by atomic mass is 9.96. The number of likely N-dealkylation sites (tertiary alicyclic amines) is 1. The van der Waals surface area contributed by atoms with Gasteiger partial charge >= 0.3 is 0 Å². The largest absolute Gasteiger partial charge is 0.356 e. The van der Waals surface area contributed by atoms with E-state index in [-0.39, 0.29) is 5.82 Å². The van der Waals surface area contributed by atoms with Gasteiger partial charge in [0.1, 0.15) is 5.82 Å². The summed E-state index contributed by atoms with van der Waals surface area (Å²) in [7, 11) is 1.81. The van der Waals surface area contributed by atoms with E-state index in [9.17, 15) is 4.39 Å². The Morgan fingerprint density at radius 3 is 2.63 bits per heavy atom. The van der Waals surface area contributed by atoms with E-state index in [1.807, 2.05) is 26.1 Å². The van der Waals surface area contributed by atoms with Gasteiger partial charge in [-0.25, -0.2) is 4.39 Å². The number of piperidine rings is 1. The highest BCUT2D eigenvalue weighted by Crippen LogP contribution is 2.19. The van der Waals surface area contributed by atoms with Crippen molar-refractivity contribution in [1.29, 1.82) is 0 Å². The molecule has 1 fully saturated rings. The molecule has 2 heterocycles. The van der Waals surface area contributed by atoms with Crippen LogP contribution in [0.2, 0.25) is 0 Å². The Bertz CT molecular complexity index is 823. The fourth-order valence-electron chi connectivity index (χ4n) is 4.01. The molecule has 0 atom stereocenters. The summed E-state index contributed by atoms with van der Waals surface area (Å²) in [5, 5.41) is 11.4. The average molecular weight is 415 g/mol. The van der Waals surface area contributed by atoms with Crippen LogP contribution in [-0.2, 0) is 13.1 Å². The van der Waals surface area contributed by atoms with E-state index in [1.54, 1.807) is 12.1 Å². The molecule has 164 valence electrons. The SMILES string of the molecule is CN=C(NCCCn1nc(C)cc1C)NCC1CCN(Cc2ccccc2F)CC1. The van der Waals surface area contributed by atoms with Gasteiger partial charge in [0.15, 0.2) is 5.96 Å². The van der Waals surface area contributed by atoms with Crippen LogP contribution in [-0.4, -0.2) is 53.9 Å². The molecule has 0 saturated carbocycles. The molecule has 0 radical (unpaired) electrons. The maximum atomic E-state index is 13.9. The molecule has 0 unspecified atom stereocenters. The number of hydrogen-bond donors (Lipinski definition) is 2. The van der Waals surface area contributed by atoms with Crippen LogP contribution in [0.4, 0.5) is 4.39 Å². The van der Waals surface area contributed by atoms with Crippen molar-refractivity contribution in [2.24, 2.45) is 10.9 Å². The topological polar surface area (TPSA) is 57.5 Å². The van der Waals surface area contributed by atoms with Gasteiger partial charge in [-0.15, -0.1) is 0 Å². The summed E-state index contributed by atoms with van der Waals surface area (Å²) in [5.74, 6) is 1.38. The van der Waals surface area contributed by atoms with Gasteiger partial charge in [0, 0.05) is 44.5 Å². The molecule has 1 aromatic carbocycles. The molecule has 1 aliphatic rings. The molecule has 1 aliphatic heterocycles. The molecule has 1 saturated heterocycles. The minimum atomic E-state index is -0.103. The first-order chi connectivity index (χ1) is 14.5. The van der Waals surface area contributed by atoms with E-state index in [4.69, 9.17) is 0 Å². The zero-order chi connectivity index (χ0) is 21.3. The number of nitrogens with one attached hydrogen (secondary N) is 2. The van der Waals surface area contributed by atoms with Crippen LogP contribution in [0.1, 0.15) is 36.2 Å². The first-order valence-electron chi connectivity index (χ1n) is 11.0. The van der Waals surface area contributed by atoms with Gasteiger partial charge in [0.05, 0.1) is 5.69 Å². The summed E-state index contributed by atoms with van der Waals surface area (Å²) < 4.78 is 15.9. The standard InChI is InChI=1S/C23H35FN6/c1-18-15-19(2)30(28-18)12-6-11-26-23(25-3)27-16-20-9-13-29(14-10-20)17-21-7-4-5-8-22(21)24/h4-5,7-8,15,20H,6,9-14,16-17H2,1-3H3,(H2,25,26,27). The first kappa shape index (κ1) is 22.3. The lowest BCUT2D eigenvalue weighted by Gasteiger charge is -2.32. The monoisotopic (exact) mass is 414 g/mol. The van der Waals surface area contributed by atoms with Crippen molar-refractivity contribution in [1.82, 2.24) is 25.3 Å². The second-order valence-corrected chi connectivity index (χ2v) is 8.19. The van der Waals surface area contributed by atoms with Crippen molar-refractivity contribution < 1.29 is 4.39 Å². The van der Waals surface area contributed by atoms with Crippen molar-refractivity contribution >= 4 is 5.96 Å². The average Bonchev–Trinajstić information content (AvgIpc) is 3.07. The number of nitrogens with zero attached hydrogens (tertiary/aromatic N) is 4. The smallest absolute Gasteiger partial charge is 0.190 e. The Labute approximate surface area is 179 Å². The fraction of sp³-hybridized carbons (Fsp3) is 0.565. The summed E-state index contributed by atoms with van der Waals surface area (Å²) in [6.45, 7) is 9.53. The highest BCUT2D eigenvalue weighted by molar-refractivity contribution is 5.79. The normalized spacial score (nSPS) is 16.1. The van der Waals surface area contributed by atoms with Crippen molar-refractivity contribution in [2.45, 2.75) is 46.2 Å². The van der Waals surface area contributed by atoms with Gasteiger partial charge in [-0.2, -0.15) is 5.10 Å². The maximum absolute atomic E-state index is 13.9. The lowest BCUT2D eigenvalue weighted by Crippen LogP contribution is -2.43. The highest BCUT2D eigenvalue weighted by atomic mass is 19.1. The minimum Gasteiger partial charge on any atom is -0.356 e. The number of aliphatic imine (C=N–C) groups is 1. The minimum absolute atomic E-state index is 0.103. The molecule has 0 amide bonds. The van der Waals surface area contributed by atoms with Crippen LogP contribution in [0.15, 0.2) is 35.3 Å². The Kier molecular flexibility index (Phi) is 8.25. The van der Waals surface area contributed by atoms with Crippen molar-refractivity contribution in [3.63, 3.8) is 0 Å². The molecule has 6 nitrogen and oxygen atoms in total. The molecule has 7 heteroatoms. The molecule has 0 spiro atoms. The molecule has 0 bridgehead atoms. The van der Waals surface area contributed by atoms with Gasteiger partial charge in [0.25, 0.3) is 0 Å². The van der Waals surface area contributed by atoms with E-state index in [0.717, 1.165) is 69.2 Å². The Balaban J connectivity index is 1.32. The van der Waals surface area contributed by atoms with Crippen LogP contribution >= 0.6 is 0 Å². The summed E-state index contributed by atoms with van der Waals surface area (Å²) in [6.07, 6.45) is 3.24. The number of hydrogen-bond acceptors (Lipinski definition) is 3. The molecule has 3 rings (SSSR count). The maximum Gasteiger partial charge on any atom is 0.190 e. The predicted molar refractivity (Wildman–Crippen MR) is 120 cm³/mol. The summed E-state index contributed by atoms with van der Waals surface area (Å²) in [5.41, 5.74) is 3.06. The highest BCUT2D eigenvalue weighted by Gasteiger charge is 2.20. The van der Waals surface area contributed by atoms with Gasteiger partial charge in [0.2, 0.25) is 0 Å².